The minimum absolute atomic E-state index is 0.0975. The Kier molecular flexibility index (Phi) is 6.36. The van der Waals surface area contributed by atoms with Crippen molar-refractivity contribution in [2.24, 2.45) is 0 Å². The highest BCUT2D eigenvalue weighted by Gasteiger charge is 2.11. The number of rotatable bonds is 7. The first-order valence-electron chi connectivity index (χ1n) is 9.32. The highest BCUT2D eigenvalue weighted by Crippen LogP contribution is 2.20. The summed E-state index contributed by atoms with van der Waals surface area (Å²) in [5.74, 6) is 0.496. The van der Waals surface area contributed by atoms with E-state index in [4.69, 9.17) is 0 Å². The van der Waals surface area contributed by atoms with Crippen molar-refractivity contribution >= 4 is 11.7 Å². The summed E-state index contributed by atoms with van der Waals surface area (Å²) in [6.45, 7) is 2.72. The van der Waals surface area contributed by atoms with Crippen LogP contribution in [0.4, 0.5) is 5.82 Å². The molecule has 1 aromatic heterocycles. The highest BCUT2D eigenvalue weighted by atomic mass is 16.1. The Labute approximate surface area is 155 Å². The molecule has 0 aliphatic heterocycles. The topological polar surface area (TPSA) is 66.9 Å². The fourth-order valence-electron chi connectivity index (χ4n) is 3.17. The molecule has 2 N–H and O–H groups in total. The third kappa shape index (κ3) is 5.15. The summed E-state index contributed by atoms with van der Waals surface area (Å²) < 4.78 is 0. The second kappa shape index (κ2) is 9.13. The van der Waals surface area contributed by atoms with Gasteiger partial charge in [-0.1, -0.05) is 42.0 Å². The predicted octanol–water partition coefficient (Wildman–Crippen LogP) is 4.27. The van der Waals surface area contributed by atoms with Gasteiger partial charge in [-0.3, -0.25) is 4.79 Å². The Bertz CT molecular complexity index is 758. The third-order valence-electron chi connectivity index (χ3n) is 4.68. The zero-order chi connectivity index (χ0) is 18.2. The van der Waals surface area contributed by atoms with E-state index < -0.39 is 0 Å². The second-order valence-electron chi connectivity index (χ2n) is 6.68. The van der Waals surface area contributed by atoms with Crippen LogP contribution < -0.4 is 10.6 Å². The second-order valence-corrected chi connectivity index (χ2v) is 6.68. The van der Waals surface area contributed by atoms with Crippen LogP contribution in [0.5, 0.6) is 0 Å². The van der Waals surface area contributed by atoms with Crippen LogP contribution in [0.25, 0.3) is 0 Å². The number of benzene rings is 1. The standard InChI is InChI=1S/C21H26N4O/c1-16(18-10-6-3-7-11-18)25-20-14-19(23-15-24-20)21(26)22-13-12-17-8-4-2-5-9-17/h3,6-8,10-11,14-16H,2,4-5,9,12-13H2,1H3,(H,22,26)(H,23,24,25). The maximum Gasteiger partial charge on any atom is 0.270 e. The molecule has 1 aliphatic rings. The fourth-order valence-corrected chi connectivity index (χ4v) is 3.17. The van der Waals surface area contributed by atoms with Crippen molar-refractivity contribution in [1.29, 1.82) is 0 Å². The van der Waals surface area contributed by atoms with E-state index in [9.17, 15) is 4.79 Å². The zero-order valence-corrected chi connectivity index (χ0v) is 15.2. The van der Waals surface area contributed by atoms with Gasteiger partial charge in [-0.05, 0) is 44.6 Å². The average molecular weight is 350 g/mol. The van der Waals surface area contributed by atoms with Gasteiger partial charge >= 0.3 is 0 Å². The van der Waals surface area contributed by atoms with Crippen molar-refractivity contribution in [1.82, 2.24) is 15.3 Å². The Balaban J connectivity index is 1.54. The Morgan fingerprint density at radius 3 is 2.81 bits per heavy atom. The van der Waals surface area contributed by atoms with Gasteiger partial charge in [0.25, 0.3) is 5.91 Å². The molecule has 136 valence electrons. The number of hydrogen-bond donors (Lipinski definition) is 2. The number of aromatic nitrogens is 2. The number of amides is 1. The molecular formula is C21H26N4O. The van der Waals surface area contributed by atoms with Crippen molar-refractivity contribution in [3.8, 4) is 0 Å². The smallest absolute Gasteiger partial charge is 0.270 e. The molecule has 3 rings (SSSR count). The van der Waals surface area contributed by atoms with Crippen LogP contribution in [0.15, 0.2) is 54.4 Å². The molecule has 5 nitrogen and oxygen atoms in total. The van der Waals surface area contributed by atoms with Crippen molar-refractivity contribution in [3.63, 3.8) is 0 Å². The number of nitrogens with one attached hydrogen (secondary N) is 2. The van der Waals surface area contributed by atoms with Gasteiger partial charge in [-0.2, -0.15) is 0 Å². The van der Waals surface area contributed by atoms with E-state index in [0.717, 1.165) is 18.4 Å². The molecule has 0 saturated heterocycles. The van der Waals surface area contributed by atoms with Gasteiger partial charge in [0.05, 0.1) is 0 Å². The molecule has 1 aromatic carbocycles. The minimum Gasteiger partial charge on any atom is -0.363 e. The molecule has 0 radical (unpaired) electrons. The quantitative estimate of drug-likeness (QED) is 0.732. The number of carbonyl (C=O) groups is 1. The lowest BCUT2D eigenvalue weighted by Crippen LogP contribution is -2.26. The van der Waals surface area contributed by atoms with Crippen LogP contribution in [0.3, 0.4) is 0 Å². The van der Waals surface area contributed by atoms with E-state index in [0.29, 0.717) is 18.1 Å². The maximum absolute atomic E-state index is 12.3. The Morgan fingerprint density at radius 1 is 1.19 bits per heavy atom. The highest BCUT2D eigenvalue weighted by molar-refractivity contribution is 5.92. The van der Waals surface area contributed by atoms with Crippen molar-refractivity contribution in [2.75, 3.05) is 11.9 Å². The van der Waals surface area contributed by atoms with Crippen molar-refractivity contribution in [3.05, 3.63) is 65.6 Å². The van der Waals surface area contributed by atoms with E-state index >= 15 is 0 Å². The molecule has 1 unspecified atom stereocenters. The first-order chi connectivity index (χ1) is 12.7. The predicted molar refractivity (Wildman–Crippen MR) is 104 cm³/mol. The van der Waals surface area contributed by atoms with E-state index in [1.165, 1.54) is 31.2 Å². The SMILES string of the molecule is CC(Nc1cc(C(=O)NCCC2=CCCCC2)ncn1)c1ccccc1. The van der Waals surface area contributed by atoms with E-state index in [2.05, 4.69) is 45.7 Å². The summed E-state index contributed by atoms with van der Waals surface area (Å²) in [6, 6.07) is 11.9. The number of allylic oxidation sites excluding steroid dienone is 1. The molecular weight excluding hydrogens is 324 g/mol. The molecule has 0 fully saturated rings. The zero-order valence-electron chi connectivity index (χ0n) is 15.2. The number of anilines is 1. The lowest BCUT2D eigenvalue weighted by atomic mass is 9.97. The fraction of sp³-hybridized carbons (Fsp3) is 0.381. The van der Waals surface area contributed by atoms with Gasteiger partial charge in [-0.25, -0.2) is 9.97 Å². The monoisotopic (exact) mass is 350 g/mol. The van der Waals surface area contributed by atoms with Gasteiger partial charge in [-0.15, -0.1) is 0 Å². The Hall–Kier alpha value is -2.69. The molecule has 5 heteroatoms. The first kappa shape index (κ1) is 18.1. The molecule has 0 spiro atoms. The third-order valence-corrected chi connectivity index (χ3v) is 4.68. The molecule has 1 atom stereocenters. The van der Waals surface area contributed by atoms with Crippen LogP contribution >= 0.6 is 0 Å². The summed E-state index contributed by atoms with van der Waals surface area (Å²) in [7, 11) is 0. The van der Waals surface area contributed by atoms with Gasteiger partial charge in [0.2, 0.25) is 0 Å². The molecule has 1 amide bonds. The van der Waals surface area contributed by atoms with Crippen LogP contribution in [-0.4, -0.2) is 22.4 Å². The van der Waals surface area contributed by atoms with Gasteiger partial charge < -0.3 is 10.6 Å². The maximum atomic E-state index is 12.3. The number of hydrogen-bond acceptors (Lipinski definition) is 4. The van der Waals surface area contributed by atoms with Gasteiger partial charge in [0, 0.05) is 18.7 Å². The average Bonchev–Trinajstić information content (AvgIpc) is 2.69. The van der Waals surface area contributed by atoms with E-state index in [1.54, 1.807) is 6.07 Å². The summed E-state index contributed by atoms with van der Waals surface area (Å²) in [5, 5.41) is 6.28. The van der Waals surface area contributed by atoms with E-state index in [-0.39, 0.29) is 11.9 Å². The molecule has 0 saturated carbocycles. The van der Waals surface area contributed by atoms with Gasteiger partial charge in [0.1, 0.15) is 17.8 Å². The number of nitrogens with zero attached hydrogens (tertiary/aromatic N) is 2. The summed E-state index contributed by atoms with van der Waals surface area (Å²) >= 11 is 0. The summed E-state index contributed by atoms with van der Waals surface area (Å²) in [5.41, 5.74) is 3.01. The summed E-state index contributed by atoms with van der Waals surface area (Å²) in [6.07, 6.45) is 9.55. The largest absolute Gasteiger partial charge is 0.363 e. The molecule has 2 aromatic rings. The summed E-state index contributed by atoms with van der Waals surface area (Å²) in [4.78, 5) is 20.7. The number of carbonyl (C=O) groups excluding carboxylic acids is 1. The van der Waals surface area contributed by atoms with Crippen LogP contribution in [0, 0.1) is 0 Å². The lowest BCUT2D eigenvalue weighted by Gasteiger charge is -2.15. The minimum atomic E-state index is -0.153. The normalized spacial score (nSPS) is 15.0. The van der Waals surface area contributed by atoms with Crippen LogP contribution in [0.1, 0.15) is 61.1 Å². The van der Waals surface area contributed by atoms with Crippen molar-refractivity contribution in [2.45, 2.75) is 45.1 Å². The van der Waals surface area contributed by atoms with Crippen LogP contribution in [0.2, 0.25) is 0 Å². The van der Waals surface area contributed by atoms with Crippen molar-refractivity contribution < 1.29 is 4.79 Å². The molecule has 26 heavy (non-hydrogen) atoms. The molecule has 1 heterocycles. The van der Waals surface area contributed by atoms with Crippen LogP contribution in [-0.2, 0) is 0 Å². The lowest BCUT2D eigenvalue weighted by molar-refractivity contribution is 0.0949. The van der Waals surface area contributed by atoms with E-state index in [1.807, 2.05) is 18.2 Å². The first-order valence-corrected chi connectivity index (χ1v) is 9.32. The Morgan fingerprint density at radius 2 is 2.04 bits per heavy atom. The van der Waals surface area contributed by atoms with Gasteiger partial charge in [0.15, 0.2) is 0 Å². The molecule has 0 bridgehead atoms. The molecule has 1 aliphatic carbocycles.